The van der Waals surface area contributed by atoms with Crippen molar-refractivity contribution in [2.45, 2.75) is 19.9 Å². The van der Waals surface area contributed by atoms with Crippen molar-refractivity contribution in [2.75, 3.05) is 13.1 Å². The van der Waals surface area contributed by atoms with Crippen molar-refractivity contribution in [1.82, 2.24) is 5.32 Å². The molecule has 0 spiro atoms. The van der Waals surface area contributed by atoms with Gasteiger partial charge in [0.1, 0.15) is 0 Å². The van der Waals surface area contributed by atoms with Crippen LogP contribution in [0.25, 0.3) is 10.8 Å². The second kappa shape index (κ2) is 6.53. The molecule has 2 rings (SSSR count). The molecule has 2 nitrogen and oxygen atoms in total. The zero-order chi connectivity index (χ0) is 12.8. The predicted octanol–water partition coefficient (Wildman–Crippen LogP) is 2.91. The van der Waals surface area contributed by atoms with E-state index >= 15 is 0 Å². The maximum Gasteiger partial charge on any atom is 0.0211 e. The highest BCUT2D eigenvalue weighted by molar-refractivity contribution is 5.85. The first kappa shape index (κ1) is 13.1. The van der Waals surface area contributed by atoms with Crippen LogP contribution in [0.4, 0.5) is 0 Å². The minimum Gasteiger partial charge on any atom is -0.330 e. The Hall–Kier alpha value is -1.38. The lowest BCUT2D eigenvalue weighted by molar-refractivity contribution is 0.472. The quantitative estimate of drug-likeness (QED) is 0.817. The molecule has 2 aromatic carbocycles. The summed E-state index contributed by atoms with van der Waals surface area (Å²) in [6.45, 7) is 4.87. The van der Waals surface area contributed by atoms with E-state index < -0.39 is 0 Å². The number of nitrogens with two attached hydrogens (primary N) is 1. The van der Waals surface area contributed by atoms with Gasteiger partial charge in [-0.15, -0.1) is 0 Å². The molecule has 0 radical (unpaired) electrons. The molecule has 0 fully saturated rings. The average molecular weight is 242 g/mol. The van der Waals surface area contributed by atoms with Gasteiger partial charge in [-0.1, -0.05) is 55.8 Å². The molecule has 96 valence electrons. The van der Waals surface area contributed by atoms with Crippen molar-refractivity contribution in [2.24, 2.45) is 11.7 Å². The molecule has 0 heterocycles. The minimum atomic E-state index is 0.583. The summed E-state index contributed by atoms with van der Waals surface area (Å²) in [6, 6.07) is 15.0. The predicted molar refractivity (Wildman–Crippen MR) is 78.5 cm³/mol. The number of rotatable bonds is 6. The summed E-state index contributed by atoms with van der Waals surface area (Å²) < 4.78 is 0. The Morgan fingerprint density at radius 2 is 1.89 bits per heavy atom. The lowest BCUT2D eigenvalue weighted by atomic mass is 10.0. The summed E-state index contributed by atoms with van der Waals surface area (Å²) in [7, 11) is 0. The maximum absolute atomic E-state index is 5.71. The van der Waals surface area contributed by atoms with Gasteiger partial charge < -0.3 is 11.1 Å². The fourth-order valence-corrected chi connectivity index (χ4v) is 2.25. The first-order valence-electron chi connectivity index (χ1n) is 6.72. The smallest absolute Gasteiger partial charge is 0.0211 e. The molecular weight excluding hydrogens is 220 g/mol. The molecule has 0 saturated heterocycles. The number of benzene rings is 2. The monoisotopic (exact) mass is 242 g/mol. The molecular formula is C16H22N2. The minimum absolute atomic E-state index is 0.583. The molecule has 0 aromatic heterocycles. The number of nitrogens with one attached hydrogen (secondary N) is 1. The zero-order valence-corrected chi connectivity index (χ0v) is 11.0. The van der Waals surface area contributed by atoms with Gasteiger partial charge in [0.25, 0.3) is 0 Å². The SMILES string of the molecule is CCC(CN)CNCc1cccc2ccccc12. The summed E-state index contributed by atoms with van der Waals surface area (Å²) in [6.07, 6.45) is 1.14. The van der Waals surface area contributed by atoms with Crippen molar-refractivity contribution in [3.63, 3.8) is 0 Å². The summed E-state index contributed by atoms with van der Waals surface area (Å²) >= 11 is 0. The Morgan fingerprint density at radius 3 is 2.67 bits per heavy atom. The second-order valence-electron chi connectivity index (χ2n) is 4.78. The molecule has 2 aromatic rings. The van der Waals surface area contributed by atoms with E-state index in [1.807, 2.05) is 0 Å². The molecule has 1 atom stereocenters. The van der Waals surface area contributed by atoms with Gasteiger partial charge >= 0.3 is 0 Å². The zero-order valence-electron chi connectivity index (χ0n) is 11.0. The largest absolute Gasteiger partial charge is 0.330 e. The van der Waals surface area contributed by atoms with Gasteiger partial charge in [0, 0.05) is 6.54 Å². The van der Waals surface area contributed by atoms with Gasteiger partial charge in [-0.05, 0) is 35.3 Å². The van der Waals surface area contributed by atoms with Crippen LogP contribution in [-0.2, 0) is 6.54 Å². The van der Waals surface area contributed by atoms with E-state index in [4.69, 9.17) is 5.73 Å². The molecule has 0 aliphatic rings. The molecule has 1 unspecified atom stereocenters. The fourth-order valence-electron chi connectivity index (χ4n) is 2.25. The van der Waals surface area contributed by atoms with Crippen LogP contribution >= 0.6 is 0 Å². The Labute approximate surface area is 109 Å². The first-order chi connectivity index (χ1) is 8.85. The van der Waals surface area contributed by atoms with Gasteiger partial charge in [-0.3, -0.25) is 0 Å². The van der Waals surface area contributed by atoms with E-state index in [-0.39, 0.29) is 0 Å². The van der Waals surface area contributed by atoms with Gasteiger partial charge in [-0.25, -0.2) is 0 Å². The summed E-state index contributed by atoms with van der Waals surface area (Å²) in [4.78, 5) is 0. The molecule has 18 heavy (non-hydrogen) atoms. The van der Waals surface area contributed by atoms with Crippen LogP contribution in [0.1, 0.15) is 18.9 Å². The number of hydrogen-bond acceptors (Lipinski definition) is 2. The third-order valence-electron chi connectivity index (χ3n) is 3.54. The van der Waals surface area contributed by atoms with E-state index in [0.29, 0.717) is 5.92 Å². The Bertz CT molecular complexity index is 484. The lowest BCUT2D eigenvalue weighted by Gasteiger charge is -2.14. The fraction of sp³-hybridized carbons (Fsp3) is 0.375. The van der Waals surface area contributed by atoms with E-state index in [1.165, 1.54) is 16.3 Å². The summed E-state index contributed by atoms with van der Waals surface area (Å²) in [5, 5.41) is 6.16. The van der Waals surface area contributed by atoms with Crippen molar-refractivity contribution in [3.8, 4) is 0 Å². The van der Waals surface area contributed by atoms with Gasteiger partial charge in [-0.2, -0.15) is 0 Å². The van der Waals surface area contributed by atoms with Crippen LogP contribution in [0, 0.1) is 5.92 Å². The van der Waals surface area contributed by atoms with E-state index in [9.17, 15) is 0 Å². The van der Waals surface area contributed by atoms with Crippen molar-refractivity contribution >= 4 is 10.8 Å². The number of hydrogen-bond donors (Lipinski definition) is 2. The Kier molecular flexibility index (Phi) is 4.73. The van der Waals surface area contributed by atoms with Crippen molar-refractivity contribution in [1.29, 1.82) is 0 Å². The third kappa shape index (κ3) is 3.09. The highest BCUT2D eigenvalue weighted by Gasteiger charge is 2.04. The normalized spacial score (nSPS) is 12.8. The van der Waals surface area contributed by atoms with Crippen LogP contribution in [-0.4, -0.2) is 13.1 Å². The van der Waals surface area contributed by atoms with Crippen molar-refractivity contribution in [3.05, 3.63) is 48.0 Å². The molecule has 0 aliphatic heterocycles. The van der Waals surface area contributed by atoms with Gasteiger partial charge in [0.2, 0.25) is 0 Å². The van der Waals surface area contributed by atoms with Crippen LogP contribution < -0.4 is 11.1 Å². The average Bonchev–Trinajstić information content (AvgIpc) is 2.44. The Balaban J connectivity index is 2.03. The van der Waals surface area contributed by atoms with Crippen molar-refractivity contribution < 1.29 is 0 Å². The lowest BCUT2D eigenvalue weighted by Crippen LogP contribution is -2.27. The molecule has 2 heteroatoms. The van der Waals surface area contributed by atoms with E-state index in [0.717, 1.165) is 26.1 Å². The summed E-state index contributed by atoms with van der Waals surface area (Å²) in [5.41, 5.74) is 7.07. The number of fused-ring (bicyclic) bond motifs is 1. The molecule has 0 aliphatic carbocycles. The van der Waals surface area contributed by atoms with Crippen LogP contribution in [0.15, 0.2) is 42.5 Å². The molecule has 0 amide bonds. The molecule has 0 saturated carbocycles. The van der Waals surface area contributed by atoms with E-state index in [2.05, 4.69) is 54.7 Å². The standard InChI is InChI=1S/C16H22N2/c1-2-13(10-17)11-18-12-15-8-5-7-14-6-3-4-9-16(14)15/h3-9,13,18H,2,10-12,17H2,1H3. The Morgan fingerprint density at radius 1 is 1.11 bits per heavy atom. The third-order valence-corrected chi connectivity index (χ3v) is 3.54. The highest BCUT2D eigenvalue weighted by Crippen LogP contribution is 2.18. The van der Waals surface area contributed by atoms with Gasteiger partial charge in [0.05, 0.1) is 0 Å². The summed E-state index contributed by atoms with van der Waals surface area (Å²) in [5.74, 6) is 0.583. The van der Waals surface area contributed by atoms with E-state index in [1.54, 1.807) is 0 Å². The second-order valence-corrected chi connectivity index (χ2v) is 4.78. The van der Waals surface area contributed by atoms with Crippen LogP contribution in [0.3, 0.4) is 0 Å². The highest BCUT2D eigenvalue weighted by atomic mass is 14.9. The van der Waals surface area contributed by atoms with Crippen LogP contribution in [0.5, 0.6) is 0 Å². The topological polar surface area (TPSA) is 38.0 Å². The van der Waals surface area contributed by atoms with Crippen LogP contribution in [0.2, 0.25) is 0 Å². The first-order valence-corrected chi connectivity index (χ1v) is 6.72. The maximum atomic E-state index is 5.71. The molecule has 3 N–H and O–H groups in total. The van der Waals surface area contributed by atoms with Gasteiger partial charge in [0.15, 0.2) is 0 Å². The molecule has 0 bridgehead atoms.